The summed E-state index contributed by atoms with van der Waals surface area (Å²) in [4.78, 5) is 16.3. The van der Waals surface area contributed by atoms with Gasteiger partial charge in [0.15, 0.2) is 11.9 Å². The number of aliphatic hydroxyl groups excluding tert-OH is 1. The van der Waals surface area contributed by atoms with Gasteiger partial charge in [0.05, 0.1) is 6.42 Å². The molecule has 1 aromatic rings. The summed E-state index contributed by atoms with van der Waals surface area (Å²) in [7, 11) is 0. The van der Waals surface area contributed by atoms with E-state index < -0.39 is 29.9 Å². The van der Waals surface area contributed by atoms with Gasteiger partial charge in [0.2, 0.25) is 0 Å². The van der Waals surface area contributed by atoms with Crippen LogP contribution in [-0.2, 0) is 20.8 Å². The molecule has 0 aliphatic rings. The fourth-order valence-electron chi connectivity index (χ4n) is 1.93. The second-order valence-corrected chi connectivity index (χ2v) is 7.34. The Labute approximate surface area is 143 Å². The lowest BCUT2D eigenvalue weighted by Crippen LogP contribution is -2.49. The molecule has 0 aliphatic carbocycles. The first-order valence-electron chi connectivity index (χ1n) is 6.73. The summed E-state index contributed by atoms with van der Waals surface area (Å²) in [5.74, 6) is -0.694. The number of hydrogen-bond donors (Lipinski definition) is 3. The van der Waals surface area contributed by atoms with Crippen molar-refractivity contribution in [1.82, 2.24) is 0 Å². The number of aliphatic hydroxyl groups is 2. The minimum absolute atomic E-state index is 0.0582. The quantitative estimate of drug-likeness (QED) is 0.213. The molecule has 0 bridgehead atoms. The minimum atomic E-state index is -2.05. The minimum Gasteiger partial charge on any atom is -0.460 e. The van der Waals surface area contributed by atoms with Crippen molar-refractivity contribution in [3.05, 3.63) is 33.4 Å². The van der Waals surface area contributed by atoms with Crippen molar-refractivity contribution >= 4 is 28.6 Å². The molecule has 0 saturated carbocycles. The van der Waals surface area contributed by atoms with Crippen LogP contribution in [0.3, 0.4) is 0 Å². The molecule has 1 atom stereocenters. The fraction of sp³-hybridized carbons (Fsp3) is 0.533. The topological polar surface area (TPSA) is 96.2 Å². The average Bonchev–Trinajstić information content (AvgIpc) is 2.38. The van der Waals surface area contributed by atoms with Crippen molar-refractivity contribution in [2.45, 2.75) is 51.1 Å². The van der Waals surface area contributed by atoms with E-state index in [1.165, 1.54) is 0 Å². The average molecular weight is 424 g/mol. The molecule has 1 unspecified atom stereocenters. The zero-order chi connectivity index (χ0) is 17.0. The molecule has 0 radical (unpaired) electrons. The van der Waals surface area contributed by atoms with Crippen LogP contribution in [0.5, 0.6) is 0 Å². The number of ether oxygens (including phenoxy) is 1. The first kappa shape index (κ1) is 19.3. The molecular formula is C15H21IO6. The molecule has 124 valence electrons. The summed E-state index contributed by atoms with van der Waals surface area (Å²) in [6, 6.07) is 7.17. The first-order chi connectivity index (χ1) is 10.1. The molecule has 7 heteroatoms. The number of esters is 1. The van der Waals surface area contributed by atoms with E-state index in [1.54, 1.807) is 32.9 Å². The molecule has 0 spiro atoms. The van der Waals surface area contributed by atoms with E-state index in [9.17, 15) is 20.3 Å². The van der Waals surface area contributed by atoms with Crippen molar-refractivity contribution in [1.29, 1.82) is 0 Å². The highest BCUT2D eigenvalue weighted by Gasteiger charge is 2.43. The van der Waals surface area contributed by atoms with Crippen LogP contribution >= 0.6 is 22.6 Å². The Kier molecular flexibility index (Phi) is 6.75. The Morgan fingerprint density at radius 3 is 2.18 bits per heavy atom. The molecule has 0 fully saturated rings. The molecule has 1 aromatic carbocycles. The summed E-state index contributed by atoms with van der Waals surface area (Å²) in [5, 5.41) is 28.4. The van der Waals surface area contributed by atoms with Crippen molar-refractivity contribution in [3.63, 3.8) is 0 Å². The molecule has 22 heavy (non-hydrogen) atoms. The van der Waals surface area contributed by atoms with E-state index in [-0.39, 0.29) is 6.42 Å². The molecule has 3 N–H and O–H groups in total. The number of rotatable bonds is 6. The van der Waals surface area contributed by atoms with E-state index >= 15 is 0 Å². The Morgan fingerprint density at radius 1 is 1.23 bits per heavy atom. The third-order valence-corrected chi connectivity index (χ3v) is 3.65. The maximum absolute atomic E-state index is 11.9. The summed E-state index contributed by atoms with van der Waals surface area (Å²) in [6.07, 6.45) is -2.61. The van der Waals surface area contributed by atoms with Crippen LogP contribution in [0.2, 0.25) is 0 Å². The third kappa shape index (κ3) is 5.81. The smallest absolute Gasteiger partial charge is 0.309 e. The van der Waals surface area contributed by atoms with Gasteiger partial charge in [-0.1, -0.05) is 12.1 Å². The largest absolute Gasteiger partial charge is 0.460 e. The zero-order valence-corrected chi connectivity index (χ0v) is 14.9. The van der Waals surface area contributed by atoms with Gasteiger partial charge in [-0.25, -0.2) is 4.89 Å². The molecule has 0 aliphatic heterocycles. The predicted molar refractivity (Wildman–Crippen MR) is 88.0 cm³/mol. The van der Waals surface area contributed by atoms with Gasteiger partial charge >= 0.3 is 5.97 Å². The van der Waals surface area contributed by atoms with Crippen LogP contribution in [0.25, 0.3) is 0 Å². The molecule has 6 nitrogen and oxygen atoms in total. The van der Waals surface area contributed by atoms with Gasteiger partial charge < -0.3 is 14.9 Å². The van der Waals surface area contributed by atoms with Crippen LogP contribution in [0.15, 0.2) is 24.3 Å². The second-order valence-electron chi connectivity index (χ2n) is 6.10. The first-order valence-corrected chi connectivity index (χ1v) is 7.81. The lowest BCUT2D eigenvalue weighted by Gasteiger charge is -2.32. The summed E-state index contributed by atoms with van der Waals surface area (Å²) in [5.41, 5.74) is -1.91. The SMILES string of the molecule is CC(C)(C)OC(=O)CC(Cc1ccc(I)cc1)(OO)C(O)O. The van der Waals surface area contributed by atoms with Crippen molar-refractivity contribution in [3.8, 4) is 0 Å². The highest BCUT2D eigenvalue weighted by atomic mass is 127. The highest BCUT2D eigenvalue weighted by Crippen LogP contribution is 2.26. The van der Waals surface area contributed by atoms with Gasteiger partial charge in [0.1, 0.15) is 5.60 Å². The number of halogens is 1. The Balaban J connectivity index is 2.94. The lowest BCUT2D eigenvalue weighted by molar-refractivity contribution is -0.370. The van der Waals surface area contributed by atoms with Crippen LogP contribution in [0, 0.1) is 3.57 Å². The third-order valence-electron chi connectivity index (χ3n) is 2.93. The number of carbonyl (C=O) groups is 1. The zero-order valence-electron chi connectivity index (χ0n) is 12.7. The van der Waals surface area contributed by atoms with Crippen molar-refractivity contribution in [2.75, 3.05) is 0 Å². The maximum Gasteiger partial charge on any atom is 0.309 e. The molecular weight excluding hydrogens is 403 g/mol. The normalized spacial score (nSPS) is 14.7. The summed E-state index contributed by atoms with van der Waals surface area (Å²) in [6.45, 7) is 5.09. The molecule has 0 aromatic heterocycles. The predicted octanol–water partition coefficient (Wildman–Crippen LogP) is 2.10. The van der Waals surface area contributed by atoms with Crippen molar-refractivity contribution < 1.29 is 29.9 Å². The molecule has 1 rings (SSSR count). The van der Waals surface area contributed by atoms with Crippen LogP contribution < -0.4 is 0 Å². The van der Waals surface area contributed by atoms with Crippen LogP contribution in [0.1, 0.15) is 32.8 Å². The van der Waals surface area contributed by atoms with Gasteiger partial charge in [-0.2, -0.15) is 0 Å². The number of hydrogen-bond acceptors (Lipinski definition) is 6. The van der Waals surface area contributed by atoms with E-state index in [2.05, 4.69) is 27.5 Å². The second kappa shape index (κ2) is 7.69. The monoisotopic (exact) mass is 424 g/mol. The van der Waals surface area contributed by atoms with Crippen LogP contribution in [0.4, 0.5) is 0 Å². The van der Waals surface area contributed by atoms with E-state index in [0.29, 0.717) is 5.56 Å². The lowest BCUT2D eigenvalue weighted by atomic mass is 9.90. The molecule has 0 amide bonds. The number of benzene rings is 1. The van der Waals surface area contributed by atoms with Gasteiger partial charge in [-0.3, -0.25) is 10.1 Å². The Bertz CT molecular complexity index is 494. The van der Waals surface area contributed by atoms with Gasteiger partial charge in [-0.05, 0) is 61.1 Å². The van der Waals surface area contributed by atoms with E-state index in [1.807, 2.05) is 12.1 Å². The van der Waals surface area contributed by atoms with E-state index in [0.717, 1.165) is 3.57 Å². The van der Waals surface area contributed by atoms with Crippen LogP contribution in [-0.4, -0.2) is 38.9 Å². The summed E-state index contributed by atoms with van der Waals surface area (Å²) >= 11 is 2.14. The Morgan fingerprint density at radius 2 is 1.77 bits per heavy atom. The Hall–Kier alpha value is -0.740. The molecule has 0 saturated heterocycles. The van der Waals surface area contributed by atoms with Gasteiger partial charge in [0, 0.05) is 9.99 Å². The van der Waals surface area contributed by atoms with Gasteiger partial charge in [0.25, 0.3) is 0 Å². The fourth-order valence-corrected chi connectivity index (χ4v) is 2.29. The summed E-state index contributed by atoms with van der Waals surface area (Å²) < 4.78 is 6.16. The standard InChI is InChI=1S/C15H21IO6/c1-14(2,3)21-12(17)9-15(22-20,13(18)19)8-10-4-6-11(16)7-5-10/h4-7,13,18-20H,8-9H2,1-3H3. The highest BCUT2D eigenvalue weighted by molar-refractivity contribution is 14.1. The maximum atomic E-state index is 11.9. The number of carbonyl (C=O) groups excluding carboxylic acids is 1. The van der Waals surface area contributed by atoms with Crippen molar-refractivity contribution in [2.24, 2.45) is 0 Å². The molecule has 0 heterocycles. The van der Waals surface area contributed by atoms with Gasteiger partial charge in [-0.15, -0.1) is 0 Å². The van der Waals surface area contributed by atoms with E-state index in [4.69, 9.17) is 4.74 Å².